The Bertz CT molecular complexity index is 729. The number of benzene rings is 3. The highest BCUT2D eigenvalue weighted by Crippen LogP contribution is 2.29. The van der Waals surface area contributed by atoms with Gasteiger partial charge in [-0.2, -0.15) is 0 Å². The van der Waals surface area contributed by atoms with Gasteiger partial charge in [-0.05, 0) is 30.2 Å². The first-order valence-corrected chi connectivity index (χ1v) is 8.27. The Hall–Kier alpha value is -2.87. The molecule has 2 nitrogen and oxygen atoms in total. The van der Waals surface area contributed by atoms with Crippen LogP contribution < -0.4 is 4.90 Å². The molecule has 1 amide bonds. The van der Waals surface area contributed by atoms with Gasteiger partial charge in [0.1, 0.15) is 0 Å². The molecule has 0 radical (unpaired) electrons. The van der Waals surface area contributed by atoms with Gasteiger partial charge >= 0.3 is 0 Å². The normalized spacial score (nSPS) is 10.6. The van der Waals surface area contributed by atoms with Gasteiger partial charge in [0.25, 0.3) is 0 Å². The third-order valence-electron chi connectivity index (χ3n) is 4.16. The van der Waals surface area contributed by atoms with Gasteiger partial charge in [-0.15, -0.1) is 0 Å². The SMILES string of the molecule is CCN(C(=O)C(c1ccccc1)c1ccccc1)c1ccccc1. The van der Waals surface area contributed by atoms with Crippen molar-refractivity contribution in [2.45, 2.75) is 12.8 Å². The molecule has 24 heavy (non-hydrogen) atoms. The molecule has 0 unspecified atom stereocenters. The van der Waals surface area contributed by atoms with Gasteiger partial charge in [0.2, 0.25) is 5.91 Å². The van der Waals surface area contributed by atoms with Crippen LogP contribution in [-0.2, 0) is 4.79 Å². The average molecular weight is 315 g/mol. The number of rotatable bonds is 5. The Morgan fingerprint density at radius 1 is 0.750 bits per heavy atom. The maximum absolute atomic E-state index is 13.4. The smallest absolute Gasteiger partial charge is 0.238 e. The summed E-state index contributed by atoms with van der Waals surface area (Å²) in [7, 11) is 0. The molecule has 3 rings (SSSR count). The van der Waals surface area contributed by atoms with Crippen LogP contribution in [0.3, 0.4) is 0 Å². The summed E-state index contributed by atoms with van der Waals surface area (Å²) in [5.74, 6) is -0.200. The summed E-state index contributed by atoms with van der Waals surface area (Å²) in [4.78, 5) is 15.3. The Balaban J connectivity index is 2.03. The largest absolute Gasteiger partial charge is 0.312 e. The van der Waals surface area contributed by atoms with Gasteiger partial charge in [0.15, 0.2) is 0 Å². The second-order valence-corrected chi connectivity index (χ2v) is 5.67. The van der Waals surface area contributed by atoms with Crippen LogP contribution in [0.1, 0.15) is 24.0 Å². The summed E-state index contributed by atoms with van der Waals surface area (Å²) in [5.41, 5.74) is 2.97. The molecular formula is C22H21NO. The molecule has 0 N–H and O–H groups in total. The minimum Gasteiger partial charge on any atom is -0.312 e. The van der Waals surface area contributed by atoms with Crippen LogP contribution in [-0.4, -0.2) is 12.5 Å². The van der Waals surface area contributed by atoms with E-state index in [2.05, 4.69) is 0 Å². The molecule has 3 aromatic rings. The molecule has 0 atom stereocenters. The number of amides is 1. The molecule has 0 saturated carbocycles. The van der Waals surface area contributed by atoms with Crippen LogP contribution in [0.2, 0.25) is 0 Å². The van der Waals surface area contributed by atoms with Crippen molar-refractivity contribution in [3.05, 3.63) is 102 Å². The monoisotopic (exact) mass is 315 g/mol. The number of likely N-dealkylation sites (N-methyl/N-ethyl adjacent to an activating group) is 1. The zero-order chi connectivity index (χ0) is 16.8. The van der Waals surface area contributed by atoms with Crippen molar-refractivity contribution in [3.63, 3.8) is 0 Å². The number of carbonyl (C=O) groups is 1. The molecule has 2 heteroatoms. The predicted octanol–water partition coefficient (Wildman–Crippen LogP) is 4.87. The van der Waals surface area contributed by atoms with Crippen molar-refractivity contribution in [3.8, 4) is 0 Å². The molecule has 0 aliphatic rings. The fourth-order valence-electron chi connectivity index (χ4n) is 3.00. The predicted molar refractivity (Wildman–Crippen MR) is 99.2 cm³/mol. The molecule has 0 fully saturated rings. The molecule has 0 saturated heterocycles. The Labute approximate surface area is 143 Å². The lowest BCUT2D eigenvalue weighted by atomic mass is 9.90. The van der Waals surface area contributed by atoms with Crippen molar-refractivity contribution < 1.29 is 4.79 Å². The third kappa shape index (κ3) is 3.38. The highest BCUT2D eigenvalue weighted by Gasteiger charge is 2.27. The number of anilines is 1. The van der Waals surface area contributed by atoms with Crippen molar-refractivity contribution in [2.24, 2.45) is 0 Å². The average Bonchev–Trinajstić information content (AvgIpc) is 2.65. The Kier molecular flexibility index (Phi) is 5.07. The first-order chi connectivity index (χ1) is 11.8. The lowest BCUT2D eigenvalue weighted by molar-refractivity contribution is -0.119. The lowest BCUT2D eigenvalue weighted by Crippen LogP contribution is -2.35. The summed E-state index contributed by atoms with van der Waals surface area (Å²) in [6.45, 7) is 2.65. The van der Waals surface area contributed by atoms with Crippen molar-refractivity contribution in [2.75, 3.05) is 11.4 Å². The fourth-order valence-corrected chi connectivity index (χ4v) is 3.00. The van der Waals surface area contributed by atoms with E-state index in [1.165, 1.54) is 0 Å². The first kappa shape index (κ1) is 16.0. The quantitative estimate of drug-likeness (QED) is 0.657. The van der Waals surface area contributed by atoms with Gasteiger partial charge in [0.05, 0.1) is 5.92 Å². The highest BCUT2D eigenvalue weighted by atomic mass is 16.2. The molecule has 0 heterocycles. The molecule has 120 valence electrons. The zero-order valence-corrected chi connectivity index (χ0v) is 13.8. The van der Waals surface area contributed by atoms with Crippen LogP contribution >= 0.6 is 0 Å². The summed E-state index contributed by atoms with van der Waals surface area (Å²) in [6, 6.07) is 29.8. The second-order valence-electron chi connectivity index (χ2n) is 5.67. The second kappa shape index (κ2) is 7.60. The standard InChI is InChI=1S/C22H21NO/c1-2-23(20-16-10-5-11-17-20)22(24)21(18-12-6-3-7-13-18)19-14-8-4-9-15-19/h3-17,21H,2H2,1H3. The van der Waals surface area contributed by atoms with E-state index in [4.69, 9.17) is 0 Å². The lowest BCUT2D eigenvalue weighted by Gasteiger charge is -2.27. The Morgan fingerprint density at radius 2 is 1.17 bits per heavy atom. The highest BCUT2D eigenvalue weighted by molar-refractivity contribution is 6.00. The van der Waals surface area contributed by atoms with E-state index in [1.807, 2.05) is 103 Å². The summed E-state index contributed by atoms with van der Waals surface area (Å²) in [5, 5.41) is 0. The number of hydrogen-bond acceptors (Lipinski definition) is 1. The minimum atomic E-state index is -0.299. The molecule has 0 aliphatic carbocycles. The zero-order valence-electron chi connectivity index (χ0n) is 13.8. The topological polar surface area (TPSA) is 20.3 Å². The van der Waals surface area contributed by atoms with Gasteiger partial charge in [-0.25, -0.2) is 0 Å². The van der Waals surface area contributed by atoms with E-state index in [-0.39, 0.29) is 11.8 Å². The van der Waals surface area contributed by atoms with E-state index in [0.717, 1.165) is 16.8 Å². The van der Waals surface area contributed by atoms with Crippen LogP contribution in [0.15, 0.2) is 91.0 Å². The summed E-state index contributed by atoms with van der Waals surface area (Å²) in [6.07, 6.45) is 0. The van der Waals surface area contributed by atoms with E-state index in [9.17, 15) is 4.79 Å². The minimum absolute atomic E-state index is 0.0982. The van der Waals surface area contributed by atoms with Crippen molar-refractivity contribution >= 4 is 11.6 Å². The van der Waals surface area contributed by atoms with Gasteiger partial charge in [0, 0.05) is 12.2 Å². The molecule has 3 aromatic carbocycles. The maximum Gasteiger partial charge on any atom is 0.238 e. The van der Waals surface area contributed by atoms with E-state index in [1.54, 1.807) is 0 Å². The van der Waals surface area contributed by atoms with Crippen molar-refractivity contribution in [1.29, 1.82) is 0 Å². The number of carbonyl (C=O) groups excluding carboxylic acids is 1. The first-order valence-electron chi connectivity index (χ1n) is 8.27. The van der Waals surface area contributed by atoms with Crippen molar-refractivity contribution in [1.82, 2.24) is 0 Å². The van der Waals surface area contributed by atoms with Crippen LogP contribution in [0.5, 0.6) is 0 Å². The number of nitrogens with zero attached hydrogens (tertiary/aromatic N) is 1. The van der Waals surface area contributed by atoms with Crippen LogP contribution in [0.25, 0.3) is 0 Å². The van der Waals surface area contributed by atoms with E-state index < -0.39 is 0 Å². The fraction of sp³-hybridized carbons (Fsp3) is 0.136. The Morgan fingerprint density at radius 3 is 1.58 bits per heavy atom. The molecular weight excluding hydrogens is 294 g/mol. The summed E-state index contributed by atoms with van der Waals surface area (Å²) >= 11 is 0. The van der Waals surface area contributed by atoms with Gasteiger partial charge in [-0.1, -0.05) is 78.9 Å². The molecule has 0 aliphatic heterocycles. The summed E-state index contributed by atoms with van der Waals surface area (Å²) < 4.78 is 0. The van der Waals surface area contributed by atoms with E-state index >= 15 is 0 Å². The van der Waals surface area contributed by atoms with Crippen LogP contribution in [0.4, 0.5) is 5.69 Å². The van der Waals surface area contributed by atoms with Crippen LogP contribution in [0, 0.1) is 0 Å². The molecule has 0 spiro atoms. The van der Waals surface area contributed by atoms with Gasteiger partial charge < -0.3 is 4.90 Å². The maximum atomic E-state index is 13.4. The number of hydrogen-bond donors (Lipinski definition) is 0. The molecule has 0 aromatic heterocycles. The third-order valence-corrected chi connectivity index (χ3v) is 4.16. The molecule has 0 bridgehead atoms. The van der Waals surface area contributed by atoms with Gasteiger partial charge in [-0.3, -0.25) is 4.79 Å². The van der Waals surface area contributed by atoms with E-state index in [0.29, 0.717) is 6.54 Å². The number of para-hydroxylation sites is 1.